The van der Waals surface area contributed by atoms with Gasteiger partial charge in [0.1, 0.15) is 5.82 Å². The predicted molar refractivity (Wildman–Crippen MR) is 100.0 cm³/mol. The van der Waals surface area contributed by atoms with Crippen molar-refractivity contribution < 1.29 is 0 Å². The Kier molecular flexibility index (Phi) is 4.22. The van der Waals surface area contributed by atoms with Crippen molar-refractivity contribution in [2.75, 3.05) is 5.32 Å². The van der Waals surface area contributed by atoms with Crippen LogP contribution in [0.3, 0.4) is 0 Å². The second-order valence-corrected chi connectivity index (χ2v) is 6.68. The molecule has 0 spiro atoms. The fourth-order valence-electron chi connectivity index (χ4n) is 3.37. The van der Waals surface area contributed by atoms with Gasteiger partial charge in [-0.1, -0.05) is 18.6 Å². The minimum Gasteiger partial charge on any atom is -0.331 e. The van der Waals surface area contributed by atoms with E-state index in [4.69, 9.17) is 4.98 Å². The van der Waals surface area contributed by atoms with Crippen LogP contribution >= 0.6 is 0 Å². The van der Waals surface area contributed by atoms with Gasteiger partial charge in [0.25, 0.3) is 0 Å². The Labute approximate surface area is 148 Å². The minimum atomic E-state index is 0.680. The summed E-state index contributed by atoms with van der Waals surface area (Å²) in [6.07, 6.45) is 9.81. The molecule has 1 aliphatic rings. The van der Waals surface area contributed by atoms with E-state index in [9.17, 15) is 0 Å². The second kappa shape index (κ2) is 6.67. The standard InChI is InChI=1S/C20H23N5/c1-14-21-13-19(25(14)2)15-8-6-9-17(11-15)23-20-22-12-16-7-4-3-5-10-18(16)24-20/h6,8-9,11-13H,3-5,7,10H2,1-2H3,(H,22,23,24). The first kappa shape index (κ1) is 15.8. The van der Waals surface area contributed by atoms with Crippen LogP contribution in [-0.4, -0.2) is 19.5 Å². The number of hydrogen-bond acceptors (Lipinski definition) is 4. The van der Waals surface area contributed by atoms with Crippen molar-refractivity contribution in [1.82, 2.24) is 19.5 Å². The first-order valence-corrected chi connectivity index (χ1v) is 8.91. The SMILES string of the molecule is Cc1ncc(-c2cccc(Nc3ncc4c(n3)CCCCC4)c2)n1C. The maximum atomic E-state index is 4.75. The van der Waals surface area contributed by atoms with Crippen molar-refractivity contribution >= 4 is 11.6 Å². The maximum Gasteiger partial charge on any atom is 0.227 e. The number of hydrogen-bond donors (Lipinski definition) is 1. The van der Waals surface area contributed by atoms with Crippen LogP contribution in [-0.2, 0) is 19.9 Å². The Morgan fingerprint density at radius 2 is 1.92 bits per heavy atom. The van der Waals surface area contributed by atoms with Crippen LogP contribution in [0.5, 0.6) is 0 Å². The molecule has 0 atom stereocenters. The molecular weight excluding hydrogens is 310 g/mol. The average Bonchev–Trinajstić information content (AvgIpc) is 2.83. The molecule has 2 aromatic heterocycles. The quantitative estimate of drug-likeness (QED) is 0.730. The van der Waals surface area contributed by atoms with Gasteiger partial charge in [-0.05, 0) is 50.3 Å². The highest BCUT2D eigenvalue weighted by Gasteiger charge is 2.11. The number of fused-ring (bicyclic) bond motifs is 1. The van der Waals surface area contributed by atoms with E-state index in [-0.39, 0.29) is 0 Å². The van der Waals surface area contributed by atoms with E-state index in [0.29, 0.717) is 5.95 Å². The number of anilines is 2. The Morgan fingerprint density at radius 3 is 2.76 bits per heavy atom. The lowest BCUT2D eigenvalue weighted by Crippen LogP contribution is -2.03. The van der Waals surface area contributed by atoms with Crippen LogP contribution in [0.4, 0.5) is 11.6 Å². The maximum absolute atomic E-state index is 4.75. The fourth-order valence-corrected chi connectivity index (χ4v) is 3.37. The zero-order valence-electron chi connectivity index (χ0n) is 14.8. The average molecular weight is 333 g/mol. The zero-order valence-corrected chi connectivity index (χ0v) is 14.8. The van der Waals surface area contributed by atoms with Crippen LogP contribution in [0.15, 0.2) is 36.7 Å². The van der Waals surface area contributed by atoms with Crippen molar-refractivity contribution in [3.63, 3.8) is 0 Å². The van der Waals surface area contributed by atoms with Crippen molar-refractivity contribution in [2.24, 2.45) is 7.05 Å². The lowest BCUT2D eigenvalue weighted by atomic mass is 10.1. The fraction of sp³-hybridized carbons (Fsp3) is 0.350. The molecule has 0 fully saturated rings. The van der Waals surface area contributed by atoms with Crippen molar-refractivity contribution in [3.8, 4) is 11.3 Å². The van der Waals surface area contributed by atoms with Crippen LogP contribution in [0, 0.1) is 6.92 Å². The van der Waals surface area contributed by atoms with Gasteiger partial charge in [0.05, 0.1) is 11.9 Å². The van der Waals surface area contributed by atoms with E-state index < -0.39 is 0 Å². The number of aryl methyl sites for hydroxylation is 3. The summed E-state index contributed by atoms with van der Waals surface area (Å²) in [5, 5.41) is 3.36. The zero-order chi connectivity index (χ0) is 17.2. The Hall–Kier alpha value is -2.69. The Morgan fingerprint density at radius 1 is 1.04 bits per heavy atom. The second-order valence-electron chi connectivity index (χ2n) is 6.68. The Balaban J connectivity index is 1.60. The third kappa shape index (κ3) is 3.27. The molecule has 0 radical (unpaired) electrons. The number of nitrogens with one attached hydrogen (secondary N) is 1. The van der Waals surface area contributed by atoms with Crippen LogP contribution in [0.2, 0.25) is 0 Å². The van der Waals surface area contributed by atoms with Gasteiger partial charge in [-0.2, -0.15) is 0 Å². The molecule has 1 aliphatic carbocycles. The third-order valence-electron chi connectivity index (χ3n) is 4.95. The van der Waals surface area contributed by atoms with Crippen LogP contribution in [0.1, 0.15) is 36.3 Å². The molecule has 5 nitrogen and oxygen atoms in total. The number of imidazole rings is 1. The lowest BCUT2D eigenvalue weighted by Gasteiger charge is -2.10. The van der Waals surface area contributed by atoms with E-state index in [1.54, 1.807) is 0 Å². The summed E-state index contributed by atoms with van der Waals surface area (Å²) in [7, 11) is 2.04. The molecule has 1 N–H and O–H groups in total. The molecule has 0 amide bonds. The molecule has 3 aromatic rings. The molecule has 0 unspecified atom stereocenters. The molecule has 128 valence electrons. The molecule has 0 aliphatic heterocycles. The summed E-state index contributed by atoms with van der Waals surface area (Å²) in [6, 6.07) is 8.30. The predicted octanol–water partition coefficient (Wildman–Crippen LogP) is 4.20. The van der Waals surface area contributed by atoms with Gasteiger partial charge in [0.2, 0.25) is 5.95 Å². The van der Waals surface area contributed by atoms with Gasteiger partial charge in [-0.25, -0.2) is 15.0 Å². The summed E-state index contributed by atoms with van der Waals surface area (Å²) in [5.41, 5.74) is 5.73. The molecule has 4 rings (SSSR count). The van der Waals surface area contributed by atoms with Crippen molar-refractivity contribution in [2.45, 2.75) is 39.0 Å². The lowest BCUT2D eigenvalue weighted by molar-refractivity contribution is 0.709. The summed E-state index contributed by atoms with van der Waals surface area (Å²) in [6.45, 7) is 2.01. The topological polar surface area (TPSA) is 55.6 Å². The van der Waals surface area contributed by atoms with E-state index in [1.807, 2.05) is 38.5 Å². The molecule has 25 heavy (non-hydrogen) atoms. The van der Waals surface area contributed by atoms with Gasteiger partial charge in [-0.15, -0.1) is 0 Å². The monoisotopic (exact) mass is 333 g/mol. The van der Waals surface area contributed by atoms with E-state index in [0.717, 1.165) is 35.6 Å². The van der Waals surface area contributed by atoms with E-state index in [1.165, 1.54) is 30.5 Å². The van der Waals surface area contributed by atoms with Crippen LogP contribution in [0.25, 0.3) is 11.3 Å². The first-order valence-electron chi connectivity index (χ1n) is 8.91. The molecule has 5 heteroatoms. The van der Waals surface area contributed by atoms with Gasteiger partial charge in [0.15, 0.2) is 0 Å². The first-order chi connectivity index (χ1) is 12.2. The van der Waals surface area contributed by atoms with Crippen molar-refractivity contribution in [3.05, 3.63) is 53.7 Å². The highest BCUT2D eigenvalue weighted by Crippen LogP contribution is 2.25. The third-order valence-corrected chi connectivity index (χ3v) is 4.95. The molecule has 1 aromatic carbocycles. The summed E-state index contributed by atoms with van der Waals surface area (Å²) >= 11 is 0. The smallest absolute Gasteiger partial charge is 0.227 e. The Bertz CT molecular complexity index is 897. The van der Waals surface area contributed by atoms with Gasteiger partial charge >= 0.3 is 0 Å². The molecule has 2 heterocycles. The molecule has 0 saturated heterocycles. The number of nitrogens with zero attached hydrogens (tertiary/aromatic N) is 4. The summed E-state index contributed by atoms with van der Waals surface area (Å²) < 4.78 is 2.10. The highest BCUT2D eigenvalue weighted by molar-refractivity contribution is 5.67. The van der Waals surface area contributed by atoms with Gasteiger partial charge < -0.3 is 9.88 Å². The highest BCUT2D eigenvalue weighted by atomic mass is 15.1. The largest absolute Gasteiger partial charge is 0.331 e. The summed E-state index contributed by atoms with van der Waals surface area (Å²) in [4.78, 5) is 13.6. The molecule has 0 saturated carbocycles. The van der Waals surface area contributed by atoms with Gasteiger partial charge in [0, 0.05) is 30.2 Å². The van der Waals surface area contributed by atoms with Gasteiger partial charge in [-0.3, -0.25) is 0 Å². The van der Waals surface area contributed by atoms with E-state index >= 15 is 0 Å². The summed E-state index contributed by atoms with van der Waals surface area (Å²) in [5.74, 6) is 1.68. The normalized spacial score (nSPS) is 14.0. The molecule has 0 bridgehead atoms. The minimum absolute atomic E-state index is 0.680. The molecular formula is C20H23N5. The van der Waals surface area contributed by atoms with E-state index in [2.05, 4.69) is 32.0 Å². The van der Waals surface area contributed by atoms with Crippen molar-refractivity contribution in [1.29, 1.82) is 0 Å². The number of benzene rings is 1. The van der Waals surface area contributed by atoms with Crippen LogP contribution < -0.4 is 5.32 Å². The number of rotatable bonds is 3. The number of aromatic nitrogens is 4.